The molecule has 1 saturated heterocycles. The molecule has 30 heavy (non-hydrogen) atoms. The summed E-state index contributed by atoms with van der Waals surface area (Å²) < 4.78 is 7.16. The molecule has 2 aromatic rings. The summed E-state index contributed by atoms with van der Waals surface area (Å²) in [5.41, 5.74) is 6.09. The molecule has 2 aliphatic carbocycles. The average molecular weight is 463 g/mol. The minimum Gasteiger partial charge on any atom is -0.489 e. The minimum atomic E-state index is -0.294. The molecule has 0 atom stereocenters. The average Bonchev–Trinajstić information content (AvgIpc) is 3.14. The van der Waals surface area contributed by atoms with Crippen LogP contribution in [0.4, 0.5) is 0 Å². The van der Waals surface area contributed by atoms with E-state index in [9.17, 15) is 10.1 Å². The number of carbonyl (C=O) groups excluding carboxylic acids is 1. The van der Waals surface area contributed by atoms with Crippen LogP contribution in [-0.2, 0) is 11.8 Å². The van der Waals surface area contributed by atoms with Crippen molar-refractivity contribution in [3.05, 3.63) is 68.2 Å². The van der Waals surface area contributed by atoms with Crippen LogP contribution in [0, 0.1) is 11.3 Å². The molecule has 3 aliphatic rings. The van der Waals surface area contributed by atoms with E-state index in [4.69, 9.17) is 4.74 Å². The summed E-state index contributed by atoms with van der Waals surface area (Å²) in [5.74, 6) is 0.879. The molecule has 4 nitrogen and oxygen atoms in total. The van der Waals surface area contributed by atoms with Gasteiger partial charge in [-0.15, -0.1) is 0 Å². The first-order chi connectivity index (χ1) is 14.4. The molecule has 152 valence electrons. The molecule has 2 aromatic carbocycles. The Bertz CT molecular complexity index is 1150. The number of fused-ring (bicyclic) bond motifs is 3. The highest BCUT2D eigenvalue weighted by Crippen LogP contribution is 2.51. The van der Waals surface area contributed by atoms with Crippen LogP contribution in [0.15, 0.2) is 40.4 Å². The summed E-state index contributed by atoms with van der Waals surface area (Å²) in [6.07, 6.45) is 2.87. The number of nitriles is 1. The molecule has 1 heterocycles. The molecule has 0 bridgehead atoms. The van der Waals surface area contributed by atoms with E-state index in [1.807, 2.05) is 18.2 Å². The number of carbonyl (C=O) groups is 1. The molecule has 0 saturated carbocycles. The summed E-state index contributed by atoms with van der Waals surface area (Å²) in [6, 6.07) is 11.9. The van der Waals surface area contributed by atoms with Gasteiger partial charge in [0.1, 0.15) is 11.9 Å². The monoisotopic (exact) mass is 462 g/mol. The van der Waals surface area contributed by atoms with Gasteiger partial charge < -0.3 is 10.1 Å². The molecule has 5 rings (SSSR count). The normalized spacial score (nSPS) is 19.7. The van der Waals surface area contributed by atoms with Gasteiger partial charge in [-0.05, 0) is 94.8 Å². The minimum absolute atomic E-state index is 0.0666. The van der Waals surface area contributed by atoms with E-state index in [1.54, 1.807) is 6.07 Å². The molecule has 5 heteroatoms. The van der Waals surface area contributed by atoms with Crippen molar-refractivity contribution in [1.82, 2.24) is 5.32 Å². The third-order valence-corrected chi connectivity index (χ3v) is 7.34. The first-order valence-electron chi connectivity index (χ1n) is 10.4. The van der Waals surface area contributed by atoms with Crippen molar-refractivity contribution in [2.24, 2.45) is 0 Å². The van der Waals surface area contributed by atoms with Crippen molar-refractivity contribution >= 4 is 27.3 Å². The SMILES string of the molecule is CC1(C)C2=C(C(=O)c3cc(Br)c(OC4CCNCC4)cc31)c1ccc(C#N)cc1C2. The molecule has 0 aromatic heterocycles. The summed E-state index contributed by atoms with van der Waals surface area (Å²) in [4.78, 5) is 13.6. The van der Waals surface area contributed by atoms with Gasteiger partial charge in [0.05, 0.1) is 16.1 Å². The number of benzene rings is 2. The zero-order valence-corrected chi connectivity index (χ0v) is 18.7. The lowest BCUT2D eigenvalue weighted by Crippen LogP contribution is -2.34. The van der Waals surface area contributed by atoms with E-state index >= 15 is 0 Å². The highest BCUT2D eigenvalue weighted by atomic mass is 79.9. The maximum absolute atomic E-state index is 13.6. The lowest BCUT2D eigenvalue weighted by atomic mass is 9.68. The van der Waals surface area contributed by atoms with E-state index in [2.05, 4.69) is 47.2 Å². The van der Waals surface area contributed by atoms with Gasteiger partial charge in [0.2, 0.25) is 0 Å². The Morgan fingerprint density at radius 3 is 2.67 bits per heavy atom. The number of nitrogens with zero attached hydrogens (tertiary/aromatic N) is 1. The number of rotatable bonds is 2. The number of ether oxygens (including phenoxy) is 1. The van der Waals surface area contributed by atoms with Crippen molar-refractivity contribution < 1.29 is 9.53 Å². The first kappa shape index (κ1) is 19.5. The van der Waals surface area contributed by atoms with E-state index < -0.39 is 0 Å². The molecule has 0 amide bonds. The number of allylic oxidation sites excluding steroid dienone is 2. The largest absolute Gasteiger partial charge is 0.489 e. The molecule has 0 spiro atoms. The van der Waals surface area contributed by atoms with Crippen molar-refractivity contribution in [2.75, 3.05) is 13.1 Å². The zero-order chi connectivity index (χ0) is 21.0. The number of ketones is 1. The van der Waals surface area contributed by atoms with Gasteiger partial charge in [-0.2, -0.15) is 5.26 Å². The van der Waals surface area contributed by atoms with Crippen molar-refractivity contribution in [2.45, 2.75) is 44.6 Å². The third kappa shape index (κ3) is 2.93. The number of Topliss-reactive ketones (excluding diaryl/α,β-unsaturated/α-hetero) is 1. The molecule has 0 unspecified atom stereocenters. The Hall–Kier alpha value is -2.42. The first-order valence-corrected chi connectivity index (χ1v) is 11.2. The quantitative estimate of drug-likeness (QED) is 0.686. The Balaban J connectivity index is 1.58. The second-order valence-corrected chi connectivity index (χ2v) is 9.72. The smallest absolute Gasteiger partial charge is 0.193 e. The van der Waals surface area contributed by atoms with E-state index in [1.165, 1.54) is 0 Å². The summed E-state index contributed by atoms with van der Waals surface area (Å²) in [5, 5.41) is 12.6. The van der Waals surface area contributed by atoms with Crippen LogP contribution >= 0.6 is 15.9 Å². The highest BCUT2D eigenvalue weighted by Gasteiger charge is 2.43. The summed E-state index contributed by atoms with van der Waals surface area (Å²) >= 11 is 3.65. The summed E-state index contributed by atoms with van der Waals surface area (Å²) in [7, 11) is 0. The van der Waals surface area contributed by atoms with Crippen LogP contribution in [0.3, 0.4) is 0 Å². The molecular formula is C25H23BrN2O2. The maximum atomic E-state index is 13.6. The number of halogens is 1. The van der Waals surface area contributed by atoms with Crippen LogP contribution in [0.5, 0.6) is 5.75 Å². The molecule has 1 aliphatic heterocycles. The predicted octanol–water partition coefficient (Wildman–Crippen LogP) is 4.94. The Labute approximate surface area is 185 Å². The molecular weight excluding hydrogens is 440 g/mol. The summed E-state index contributed by atoms with van der Waals surface area (Å²) in [6.45, 7) is 6.31. The van der Waals surface area contributed by atoms with Crippen LogP contribution in [-0.4, -0.2) is 25.0 Å². The van der Waals surface area contributed by atoms with Crippen LogP contribution in [0.2, 0.25) is 0 Å². The second-order valence-electron chi connectivity index (χ2n) is 8.86. The number of piperidine rings is 1. The van der Waals surface area contributed by atoms with Crippen molar-refractivity contribution in [1.29, 1.82) is 5.26 Å². The maximum Gasteiger partial charge on any atom is 0.193 e. The second kappa shape index (κ2) is 7.08. The van der Waals surface area contributed by atoms with E-state index in [-0.39, 0.29) is 17.3 Å². The Kier molecular flexibility index (Phi) is 4.61. The van der Waals surface area contributed by atoms with Gasteiger partial charge in [0.25, 0.3) is 0 Å². The van der Waals surface area contributed by atoms with Crippen LogP contribution < -0.4 is 10.1 Å². The number of nitrogens with one attached hydrogen (secondary N) is 1. The fraction of sp³-hybridized carbons (Fsp3) is 0.360. The van der Waals surface area contributed by atoms with Gasteiger partial charge in [-0.25, -0.2) is 0 Å². The number of hydrogen-bond donors (Lipinski definition) is 1. The number of hydrogen-bond acceptors (Lipinski definition) is 4. The molecule has 1 N–H and O–H groups in total. The van der Waals surface area contributed by atoms with Gasteiger partial charge in [0, 0.05) is 16.6 Å². The van der Waals surface area contributed by atoms with Gasteiger partial charge in [-0.1, -0.05) is 19.9 Å². The zero-order valence-electron chi connectivity index (χ0n) is 17.1. The fourth-order valence-electron chi connectivity index (χ4n) is 5.03. The Morgan fingerprint density at radius 1 is 1.17 bits per heavy atom. The molecule has 0 radical (unpaired) electrons. The Morgan fingerprint density at radius 2 is 1.93 bits per heavy atom. The van der Waals surface area contributed by atoms with E-state index in [0.29, 0.717) is 12.0 Å². The topological polar surface area (TPSA) is 62.1 Å². The van der Waals surface area contributed by atoms with Crippen LogP contribution in [0.1, 0.15) is 59.3 Å². The van der Waals surface area contributed by atoms with Crippen molar-refractivity contribution in [3.8, 4) is 11.8 Å². The fourth-order valence-corrected chi connectivity index (χ4v) is 5.46. The standard InChI is InChI=1S/C25H23BrN2O2/c1-25(2)19-12-22(30-16-5-7-28-8-6-16)21(26)11-18(19)24(29)23-17-4-3-14(13-27)9-15(17)10-20(23)25/h3-4,9,11-12,16,28H,5-8,10H2,1-2H3. The van der Waals surface area contributed by atoms with Gasteiger partial charge in [0.15, 0.2) is 5.78 Å². The van der Waals surface area contributed by atoms with Gasteiger partial charge in [-0.3, -0.25) is 4.79 Å². The third-order valence-electron chi connectivity index (χ3n) is 6.72. The van der Waals surface area contributed by atoms with Crippen molar-refractivity contribution in [3.63, 3.8) is 0 Å². The van der Waals surface area contributed by atoms with Gasteiger partial charge >= 0.3 is 0 Å². The molecule has 1 fully saturated rings. The highest BCUT2D eigenvalue weighted by molar-refractivity contribution is 9.10. The van der Waals surface area contributed by atoms with Crippen LogP contribution in [0.25, 0.3) is 5.57 Å². The lowest BCUT2D eigenvalue weighted by molar-refractivity contribution is 0.105. The predicted molar refractivity (Wildman–Crippen MR) is 120 cm³/mol. The lowest BCUT2D eigenvalue weighted by Gasteiger charge is -2.35. The van der Waals surface area contributed by atoms with E-state index in [0.717, 1.165) is 69.6 Å².